The molecule has 2 rings (SSSR count). The van der Waals surface area contributed by atoms with E-state index < -0.39 is 0 Å². The van der Waals surface area contributed by atoms with E-state index in [0.29, 0.717) is 0 Å². The predicted molar refractivity (Wildman–Crippen MR) is 67.8 cm³/mol. The lowest BCUT2D eigenvalue weighted by atomic mass is 9.86. The Bertz CT molecular complexity index is 362. The number of ether oxygens (including phenoxy) is 1. The van der Waals surface area contributed by atoms with Gasteiger partial charge in [0.2, 0.25) is 0 Å². The summed E-state index contributed by atoms with van der Waals surface area (Å²) in [6, 6.07) is 10.1. The highest BCUT2D eigenvalue weighted by atomic mass is 16.5. The van der Waals surface area contributed by atoms with Crippen molar-refractivity contribution in [2.75, 3.05) is 26.4 Å². The van der Waals surface area contributed by atoms with Gasteiger partial charge in [-0.2, -0.15) is 0 Å². The zero-order valence-electron chi connectivity index (χ0n) is 10.6. The van der Waals surface area contributed by atoms with Crippen LogP contribution in [0.2, 0.25) is 0 Å². The standard InChI is InChI=1S/C14H21NO2/c1-13(10-17-11-13)8-15-14(2,9-16)12-6-4-3-5-7-12/h3-7,15-16H,8-11H2,1-2H3. The molecule has 1 heterocycles. The molecule has 0 radical (unpaired) electrons. The maximum absolute atomic E-state index is 9.63. The first kappa shape index (κ1) is 12.6. The summed E-state index contributed by atoms with van der Waals surface area (Å²) < 4.78 is 5.24. The average molecular weight is 235 g/mol. The van der Waals surface area contributed by atoms with Crippen LogP contribution in [-0.2, 0) is 10.3 Å². The number of benzene rings is 1. The summed E-state index contributed by atoms with van der Waals surface area (Å²) in [5.74, 6) is 0. The van der Waals surface area contributed by atoms with Gasteiger partial charge < -0.3 is 15.2 Å². The molecule has 0 saturated carbocycles. The molecule has 1 aromatic rings. The molecule has 1 aliphatic heterocycles. The van der Waals surface area contributed by atoms with Gasteiger partial charge in [0.25, 0.3) is 0 Å². The molecular weight excluding hydrogens is 214 g/mol. The minimum atomic E-state index is -0.375. The summed E-state index contributed by atoms with van der Waals surface area (Å²) in [6.07, 6.45) is 0. The minimum absolute atomic E-state index is 0.0912. The number of hydrogen-bond acceptors (Lipinski definition) is 3. The van der Waals surface area contributed by atoms with Crippen LogP contribution in [0.5, 0.6) is 0 Å². The van der Waals surface area contributed by atoms with Crippen LogP contribution in [0.25, 0.3) is 0 Å². The third-order valence-electron chi connectivity index (χ3n) is 3.53. The minimum Gasteiger partial charge on any atom is -0.394 e. The molecule has 0 aromatic heterocycles. The molecule has 94 valence electrons. The van der Waals surface area contributed by atoms with Gasteiger partial charge in [-0.25, -0.2) is 0 Å². The SMILES string of the molecule is CC1(CNC(C)(CO)c2ccccc2)COC1. The lowest BCUT2D eigenvalue weighted by molar-refractivity contribution is -0.103. The van der Waals surface area contributed by atoms with Gasteiger partial charge in [-0.1, -0.05) is 37.3 Å². The Kier molecular flexibility index (Phi) is 3.52. The van der Waals surface area contributed by atoms with Crippen LogP contribution in [0.15, 0.2) is 30.3 Å². The smallest absolute Gasteiger partial charge is 0.0652 e. The number of aliphatic hydroxyl groups is 1. The first-order chi connectivity index (χ1) is 8.08. The van der Waals surface area contributed by atoms with E-state index in [-0.39, 0.29) is 17.6 Å². The summed E-state index contributed by atoms with van der Waals surface area (Å²) >= 11 is 0. The molecule has 3 heteroatoms. The zero-order valence-corrected chi connectivity index (χ0v) is 10.6. The van der Waals surface area contributed by atoms with E-state index in [1.165, 1.54) is 0 Å². The van der Waals surface area contributed by atoms with Crippen LogP contribution < -0.4 is 5.32 Å². The predicted octanol–water partition coefficient (Wildman–Crippen LogP) is 1.52. The van der Waals surface area contributed by atoms with E-state index in [1.807, 2.05) is 37.3 Å². The van der Waals surface area contributed by atoms with Crippen molar-refractivity contribution in [1.82, 2.24) is 5.32 Å². The molecule has 1 atom stereocenters. The van der Waals surface area contributed by atoms with E-state index >= 15 is 0 Å². The van der Waals surface area contributed by atoms with Crippen molar-refractivity contribution < 1.29 is 9.84 Å². The lowest BCUT2D eigenvalue weighted by Gasteiger charge is -2.41. The van der Waals surface area contributed by atoms with Crippen LogP contribution in [0.4, 0.5) is 0 Å². The van der Waals surface area contributed by atoms with Crippen LogP contribution in [0.3, 0.4) is 0 Å². The second kappa shape index (κ2) is 4.77. The fourth-order valence-corrected chi connectivity index (χ4v) is 2.02. The average Bonchev–Trinajstić information content (AvgIpc) is 2.35. The van der Waals surface area contributed by atoms with Crippen molar-refractivity contribution in [2.45, 2.75) is 19.4 Å². The van der Waals surface area contributed by atoms with Gasteiger partial charge in [-0.05, 0) is 12.5 Å². The van der Waals surface area contributed by atoms with Gasteiger partial charge in [-0.3, -0.25) is 0 Å². The van der Waals surface area contributed by atoms with Gasteiger partial charge >= 0.3 is 0 Å². The van der Waals surface area contributed by atoms with Crippen LogP contribution in [0, 0.1) is 5.41 Å². The van der Waals surface area contributed by atoms with Crippen molar-refractivity contribution in [1.29, 1.82) is 0 Å². The van der Waals surface area contributed by atoms with E-state index in [4.69, 9.17) is 4.74 Å². The number of rotatable bonds is 5. The zero-order chi connectivity index (χ0) is 12.4. The molecule has 0 amide bonds. The largest absolute Gasteiger partial charge is 0.394 e. The topological polar surface area (TPSA) is 41.5 Å². The molecule has 0 aliphatic carbocycles. The van der Waals surface area contributed by atoms with E-state index in [0.717, 1.165) is 25.3 Å². The molecule has 1 unspecified atom stereocenters. The Morgan fingerprint density at radius 2 is 2.00 bits per heavy atom. The van der Waals surface area contributed by atoms with Gasteiger partial charge in [0.15, 0.2) is 0 Å². The van der Waals surface area contributed by atoms with Gasteiger partial charge in [0.05, 0.1) is 25.4 Å². The van der Waals surface area contributed by atoms with Crippen molar-refractivity contribution in [3.05, 3.63) is 35.9 Å². The molecule has 3 nitrogen and oxygen atoms in total. The Morgan fingerprint density at radius 3 is 2.47 bits per heavy atom. The quantitative estimate of drug-likeness (QED) is 0.813. The summed E-state index contributed by atoms with van der Waals surface area (Å²) in [7, 11) is 0. The number of nitrogens with one attached hydrogen (secondary N) is 1. The van der Waals surface area contributed by atoms with Crippen molar-refractivity contribution >= 4 is 0 Å². The van der Waals surface area contributed by atoms with Crippen LogP contribution in [0.1, 0.15) is 19.4 Å². The number of hydrogen-bond donors (Lipinski definition) is 2. The molecule has 1 saturated heterocycles. The van der Waals surface area contributed by atoms with Gasteiger partial charge in [0, 0.05) is 12.0 Å². The maximum atomic E-state index is 9.63. The van der Waals surface area contributed by atoms with Gasteiger partial charge in [-0.15, -0.1) is 0 Å². The summed E-state index contributed by atoms with van der Waals surface area (Å²) in [5, 5.41) is 13.1. The molecule has 1 fully saturated rings. The Hall–Kier alpha value is -0.900. The van der Waals surface area contributed by atoms with E-state index in [1.54, 1.807) is 0 Å². The van der Waals surface area contributed by atoms with Crippen LogP contribution in [-0.4, -0.2) is 31.5 Å². The first-order valence-corrected chi connectivity index (χ1v) is 6.07. The summed E-state index contributed by atoms with van der Waals surface area (Å²) in [5.41, 5.74) is 0.955. The summed E-state index contributed by atoms with van der Waals surface area (Å²) in [4.78, 5) is 0. The summed E-state index contributed by atoms with van der Waals surface area (Å²) in [6.45, 7) is 6.79. The second-order valence-electron chi connectivity index (χ2n) is 5.51. The highest BCUT2D eigenvalue weighted by Gasteiger charge is 2.36. The highest BCUT2D eigenvalue weighted by molar-refractivity contribution is 5.23. The molecule has 17 heavy (non-hydrogen) atoms. The van der Waals surface area contributed by atoms with Crippen molar-refractivity contribution in [3.63, 3.8) is 0 Å². The highest BCUT2D eigenvalue weighted by Crippen LogP contribution is 2.28. The molecule has 1 aromatic carbocycles. The Balaban J connectivity index is 2.04. The van der Waals surface area contributed by atoms with Crippen LogP contribution >= 0.6 is 0 Å². The fourth-order valence-electron chi connectivity index (χ4n) is 2.02. The molecule has 1 aliphatic rings. The molecule has 0 spiro atoms. The normalized spacial score (nSPS) is 21.6. The molecular formula is C14H21NO2. The fraction of sp³-hybridized carbons (Fsp3) is 0.571. The Labute approximate surface area is 103 Å². The molecule has 2 N–H and O–H groups in total. The third kappa shape index (κ3) is 2.68. The molecule has 0 bridgehead atoms. The van der Waals surface area contributed by atoms with Crippen molar-refractivity contribution in [3.8, 4) is 0 Å². The maximum Gasteiger partial charge on any atom is 0.0652 e. The Morgan fingerprint density at radius 1 is 1.35 bits per heavy atom. The van der Waals surface area contributed by atoms with Gasteiger partial charge in [0.1, 0.15) is 0 Å². The third-order valence-corrected chi connectivity index (χ3v) is 3.53. The van der Waals surface area contributed by atoms with E-state index in [9.17, 15) is 5.11 Å². The first-order valence-electron chi connectivity index (χ1n) is 6.07. The monoisotopic (exact) mass is 235 g/mol. The second-order valence-corrected chi connectivity index (χ2v) is 5.51. The van der Waals surface area contributed by atoms with E-state index in [2.05, 4.69) is 12.2 Å². The number of aliphatic hydroxyl groups excluding tert-OH is 1. The van der Waals surface area contributed by atoms with Crippen molar-refractivity contribution in [2.24, 2.45) is 5.41 Å². The lowest BCUT2D eigenvalue weighted by Crippen LogP contribution is -2.53.